The first-order valence-corrected chi connectivity index (χ1v) is 5.72. The summed E-state index contributed by atoms with van der Waals surface area (Å²) in [5.41, 5.74) is 3.38. The first-order chi connectivity index (χ1) is 8.24. The molecule has 1 aliphatic carbocycles. The lowest BCUT2D eigenvalue weighted by Crippen LogP contribution is -2.10. The molecule has 0 N–H and O–H groups in total. The summed E-state index contributed by atoms with van der Waals surface area (Å²) in [5.74, 6) is 0.0818. The molecule has 0 saturated carbocycles. The third-order valence-corrected chi connectivity index (χ3v) is 3.03. The van der Waals surface area contributed by atoms with Gasteiger partial charge in [0, 0.05) is 6.42 Å². The zero-order valence-corrected chi connectivity index (χ0v) is 9.78. The van der Waals surface area contributed by atoms with Crippen LogP contribution in [0.4, 0.5) is 0 Å². The summed E-state index contributed by atoms with van der Waals surface area (Å²) in [5, 5.41) is 0. The van der Waals surface area contributed by atoms with Gasteiger partial charge >= 0.3 is 0 Å². The molecule has 2 rings (SSSR count). The minimum atomic E-state index is 0.0818. The van der Waals surface area contributed by atoms with E-state index in [9.17, 15) is 4.79 Å². The third-order valence-electron chi connectivity index (χ3n) is 3.03. The van der Waals surface area contributed by atoms with Crippen molar-refractivity contribution in [3.63, 3.8) is 0 Å². The molecular weight excluding hydrogens is 210 g/mol. The molecule has 0 fully saturated rings. The number of Topliss-reactive ketones (excluding diaryl/α,β-unsaturated/α-hetero) is 1. The van der Waals surface area contributed by atoms with Crippen molar-refractivity contribution in [2.75, 3.05) is 0 Å². The quantitative estimate of drug-likeness (QED) is 0.725. The van der Waals surface area contributed by atoms with Gasteiger partial charge in [0.1, 0.15) is 5.70 Å². The second kappa shape index (κ2) is 4.91. The van der Waals surface area contributed by atoms with E-state index in [1.54, 1.807) is 0 Å². The maximum absolute atomic E-state index is 11.7. The molecule has 0 atom stereocenters. The molecule has 0 spiro atoms. The van der Waals surface area contributed by atoms with Crippen LogP contribution in [0.3, 0.4) is 0 Å². The fourth-order valence-electron chi connectivity index (χ4n) is 2.12. The van der Waals surface area contributed by atoms with Crippen LogP contribution in [0.5, 0.6) is 0 Å². The van der Waals surface area contributed by atoms with E-state index in [0.29, 0.717) is 12.1 Å². The Hall–Kier alpha value is -1.96. The predicted octanol–water partition coefficient (Wildman–Crippen LogP) is 3.41. The van der Waals surface area contributed by atoms with Crippen LogP contribution in [0, 0.1) is 0 Å². The molecule has 0 unspecified atom stereocenters. The number of carbonyl (C=O) groups is 1. The lowest BCUT2D eigenvalue weighted by Gasteiger charge is -2.18. The van der Waals surface area contributed by atoms with Gasteiger partial charge in [0.15, 0.2) is 5.78 Å². The highest BCUT2D eigenvalue weighted by molar-refractivity contribution is 6.01. The van der Waals surface area contributed by atoms with E-state index < -0.39 is 0 Å². The van der Waals surface area contributed by atoms with Crippen LogP contribution in [-0.2, 0) is 4.79 Å². The van der Waals surface area contributed by atoms with Crippen LogP contribution in [0.1, 0.15) is 24.8 Å². The Morgan fingerprint density at radius 1 is 1.18 bits per heavy atom. The lowest BCUT2D eigenvalue weighted by atomic mass is 9.88. The molecule has 1 aromatic rings. The molecule has 0 radical (unpaired) electrons. The Bertz CT molecular complexity index is 497. The predicted molar refractivity (Wildman–Crippen MR) is 70.9 cm³/mol. The van der Waals surface area contributed by atoms with Crippen LogP contribution in [-0.4, -0.2) is 12.5 Å². The summed E-state index contributed by atoms with van der Waals surface area (Å²) in [6, 6.07) is 9.88. The standard InChI is InChI=1S/C15H15NO/c1-11(12-7-4-3-5-8-12)13-9-6-10-14(17)15(13)16-2/h3-5,7-8H,1-2,6,9-10H2. The molecule has 86 valence electrons. The van der Waals surface area contributed by atoms with Gasteiger partial charge in [-0.05, 0) is 36.3 Å². The van der Waals surface area contributed by atoms with Gasteiger partial charge in [0.2, 0.25) is 0 Å². The van der Waals surface area contributed by atoms with Crippen molar-refractivity contribution in [1.82, 2.24) is 0 Å². The van der Waals surface area contributed by atoms with Crippen molar-refractivity contribution in [3.05, 3.63) is 53.7 Å². The third kappa shape index (κ3) is 2.26. The Morgan fingerprint density at radius 3 is 2.53 bits per heavy atom. The van der Waals surface area contributed by atoms with Crippen molar-refractivity contribution in [2.24, 2.45) is 4.99 Å². The van der Waals surface area contributed by atoms with Crippen molar-refractivity contribution in [1.29, 1.82) is 0 Å². The highest BCUT2D eigenvalue weighted by Crippen LogP contribution is 2.32. The molecule has 0 bridgehead atoms. The van der Waals surface area contributed by atoms with E-state index in [-0.39, 0.29) is 5.78 Å². The summed E-state index contributed by atoms with van der Waals surface area (Å²) in [4.78, 5) is 15.6. The molecule has 0 amide bonds. The number of rotatable bonds is 3. The Kier molecular flexibility index (Phi) is 3.33. The average Bonchev–Trinajstić information content (AvgIpc) is 2.38. The van der Waals surface area contributed by atoms with E-state index in [0.717, 1.165) is 29.6 Å². The molecule has 2 heteroatoms. The van der Waals surface area contributed by atoms with Gasteiger partial charge in [-0.1, -0.05) is 36.9 Å². The summed E-state index contributed by atoms with van der Waals surface area (Å²) in [7, 11) is 0. The van der Waals surface area contributed by atoms with Crippen LogP contribution in [0.25, 0.3) is 5.57 Å². The first-order valence-electron chi connectivity index (χ1n) is 5.72. The van der Waals surface area contributed by atoms with Gasteiger partial charge in [0.05, 0.1) is 0 Å². The van der Waals surface area contributed by atoms with Crippen LogP contribution >= 0.6 is 0 Å². The van der Waals surface area contributed by atoms with Gasteiger partial charge in [-0.15, -0.1) is 0 Å². The smallest absolute Gasteiger partial charge is 0.181 e. The molecule has 1 aliphatic rings. The summed E-state index contributed by atoms with van der Waals surface area (Å²) in [6.45, 7) is 7.57. The Labute approximate surface area is 101 Å². The summed E-state index contributed by atoms with van der Waals surface area (Å²) in [6.07, 6.45) is 2.30. The first kappa shape index (κ1) is 11.5. The van der Waals surface area contributed by atoms with Crippen LogP contribution in [0.2, 0.25) is 0 Å². The number of nitrogens with zero attached hydrogens (tertiary/aromatic N) is 1. The zero-order valence-electron chi connectivity index (χ0n) is 9.78. The van der Waals surface area contributed by atoms with Gasteiger partial charge in [-0.3, -0.25) is 9.79 Å². The van der Waals surface area contributed by atoms with Crippen molar-refractivity contribution >= 4 is 18.1 Å². The normalized spacial score (nSPS) is 15.9. The Balaban J connectivity index is 2.42. The van der Waals surface area contributed by atoms with E-state index in [2.05, 4.69) is 18.3 Å². The van der Waals surface area contributed by atoms with Gasteiger partial charge in [0.25, 0.3) is 0 Å². The van der Waals surface area contributed by atoms with Crippen molar-refractivity contribution in [3.8, 4) is 0 Å². The Morgan fingerprint density at radius 2 is 1.88 bits per heavy atom. The summed E-state index contributed by atoms with van der Waals surface area (Å²) >= 11 is 0. The van der Waals surface area contributed by atoms with Gasteiger partial charge < -0.3 is 0 Å². The molecule has 17 heavy (non-hydrogen) atoms. The van der Waals surface area contributed by atoms with Gasteiger partial charge in [-0.25, -0.2) is 0 Å². The van der Waals surface area contributed by atoms with E-state index >= 15 is 0 Å². The second-order valence-electron chi connectivity index (χ2n) is 4.11. The largest absolute Gasteiger partial charge is 0.292 e. The number of hydrogen-bond donors (Lipinski definition) is 0. The number of carbonyl (C=O) groups excluding carboxylic acids is 1. The zero-order chi connectivity index (χ0) is 12.3. The number of benzene rings is 1. The highest BCUT2D eigenvalue weighted by Gasteiger charge is 2.21. The van der Waals surface area contributed by atoms with Crippen LogP contribution in [0.15, 0.2) is 53.2 Å². The van der Waals surface area contributed by atoms with E-state index in [4.69, 9.17) is 0 Å². The minimum absolute atomic E-state index is 0.0818. The minimum Gasteiger partial charge on any atom is -0.292 e. The second-order valence-corrected chi connectivity index (χ2v) is 4.11. The van der Waals surface area contributed by atoms with E-state index in [1.807, 2.05) is 30.3 Å². The molecular formula is C15H15NO. The maximum atomic E-state index is 11.7. The summed E-state index contributed by atoms with van der Waals surface area (Å²) < 4.78 is 0. The fourth-order valence-corrected chi connectivity index (χ4v) is 2.12. The lowest BCUT2D eigenvalue weighted by molar-refractivity contribution is -0.116. The van der Waals surface area contributed by atoms with Gasteiger partial charge in [-0.2, -0.15) is 0 Å². The topological polar surface area (TPSA) is 29.4 Å². The monoisotopic (exact) mass is 225 g/mol. The molecule has 0 aromatic heterocycles. The number of allylic oxidation sites excluding steroid dienone is 3. The van der Waals surface area contributed by atoms with Crippen molar-refractivity contribution in [2.45, 2.75) is 19.3 Å². The van der Waals surface area contributed by atoms with Crippen LogP contribution < -0.4 is 0 Å². The fraction of sp³-hybridized carbons (Fsp3) is 0.200. The molecule has 2 nitrogen and oxygen atoms in total. The van der Waals surface area contributed by atoms with E-state index in [1.165, 1.54) is 0 Å². The molecule has 0 saturated heterocycles. The molecule has 0 aliphatic heterocycles. The number of hydrogen-bond acceptors (Lipinski definition) is 2. The number of aliphatic imine (C=N–C) groups is 1. The maximum Gasteiger partial charge on any atom is 0.181 e. The molecule has 0 heterocycles. The average molecular weight is 225 g/mol. The highest BCUT2D eigenvalue weighted by atomic mass is 16.1. The number of ketones is 1. The molecule has 1 aromatic carbocycles. The van der Waals surface area contributed by atoms with Crippen molar-refractivity contribution < 1.29 is 4.79 Å². The SMILES string of the molecule is C=NC1=C(C(=C)c2ccccc2)CCCC1=O.